The molecule has 5 heteroatoms. The van der Waals surface area contributed by atoms with E-state index < -0.39 is 12.0 Å². The van der Waals surface area contributed by atoms with E-state index in [0.29, 0.717) is 19.4 Å². The van der Waals surface area contributed by atoms with Gasteiger partial charge in [-0.1, -0.05) is 23.8 Å². The normalized spacial score (nSPS) is 18.4. The number of amides is 1. The highest BCUT2D eigenvalue weighted by atomic mass is 16.5. The topological polar surface area (TPSA) is 66.8 Å². The number of carboxylic acid groups (broad SMARTS) is 1. The van der Waals surface area contributed by atoms with E-state index in [9.17, 15) is 9.59 Å². The predicted octanol–water partition coefficient (Wildman–Crippen LogP) is 2.26. The number of carbonyl (C=O) groups is 2. The van der Waals surface area contributed by atoms with E-state index in [4.69, 9.17) is 9.84 Å². The van der Waals surface area contributed by atoms with Crippen LogP contribution in [0.25, 0.3) is 0 Å². The van der Waals surface area contributed by atoms with Crippen molar-refractivity contribution in [3.8, 4) is 5.75 Å². The molecule has 1 aromatic carbocycles. The standard InChI is InChI=1S/C17H21NO4/c1-12(10-13-6-3-4-8-15(13)22-2)11-16(19)18-9-5-7-14(18)17(20)21/h3-4,6,8,11,14H,5,7,9-10H2,1-2H3,(H,20,21)/t14-/m1/s1. The first kappa shape index (κ1) is 16.1. The van der Waals surface area contributed by atoms with Crippen molar-refractivity contribution < 1.29 is 19.4 Å². The molecule has 0 aromatic heterocycles. The van der Waals surface area contributed by atoms with Gasteiger partial charge in [0, 0.05) is 12.6 Å². The van der Waals surface area contributed by atoms with Crippen LogP contribution in [-0.2, 0) is 16.0 Å². The number of hydrogen-bond acceptors (Lipinski definition) is 3. The molecule has 118 valence electrons. The summed E-state index contributed by atoms with van der Waals surface area (Å²) in [5.41, 5.74) is 1.88. The van der Waals surface area contributed by atoms with E-state index in [0.717, 1.165) is 23.3 Å². The second-order valence-electron chi connectivity index (χ2n) is 5.51. The maximum Gasteiger partial charge on any atom is 0.326 e. The smallest absolute Gasteiger partial charge is 0.326 e. The highest BCUT2D eigenvalue weighted by molar-refractivity contribution is 5.92. The molecule has 1 amide bonds. The summed E-state index contributed by atoms with van der Waals surface area (Å²) in [6.07, 6.45) is 3.40. The zero-order valence-electron chi connectivity index (χ0n) is 12.9. The molecule has 1 saturated heterocycles. The van der Waals surface area contributed by atoms with Gasteiger partial charge in [0.15, 0.2) is 0 Å². The van der Waals surface area contributed by atoms with Crippen LogP contribution in [0.3, 0.4) is 0 Å². The van der Waals surface area contributed by atoms with Gasteiger partial charge in [0.2, 0.25) is 5.91 Å². The summed E-state index contributed by atoms with van der Waals surface area (Å²) in [6.45, 7) is 2.38. The van der Waals surface area contributed by atoms with Gasteiger partial charge in [-0.15, -0.1) is 0 Å². The third-order valence-corrected chi connectivity index (χ3v) is 3.85. The molecule has 1 aromatic rings. The molecule has 0 spiro atoms. The van der Waals surface area contributed by atoms with Gasteiger partial charge in [-0.3, -0.25) is 4.79 Å². The van der Waals surface area contributed by atoms with Crippen LogP contribution in [0.15, 0.2) is 35.9 Å². The first-order valence-electron chi connectivity index (χ1n) is 7.35. The number of para-hydroxylation sites is 1. The lowest BCUT2D eigenvalue weighted by Gasteiger charge is -2.20. The maximum atomic E-state index is 12.3. The second-order valence-corrected chi connectivity index (χ2v) is 5.51. The predicted molar refractivity (Wildman–Crippen MR) is 82.8 cm³/mol. The minimum atomic E-state index is -0.929. The third kappa shape index (κ3) is 3.67. The molecule has 1 fully saturated rings. The molecule has 0 radical (unpaired) electrons. The van der Waals surface area contributed by atoms with Crippen LogP contribution < -0.4 is 4.74 Å². The van der Waals surface area contributed by atoms with Gasteiger partial charge >= 0.3 is 5.97 Å². The quantitative estimate of drug-likeness (QED) is 0.847. The highest BCUT2D eigenvalue weighted by Gasteiger charge is 2.32. The molecular formula is C17H21NO4. The molecule has 0 saturated carbocycles. The molecule has 0 aliphatic carbocycles. The molecule has 5 nitrogen and oxygen atoms in total. The van der Waals surface area contributed by atoms with Crippen molar-refractivity contribution in [1.82, 2.24) is 4.90 Å². The molecule has 1 N–H and O–H groups in total. The Kier molecular flexibility index (Phi) is 5.20. The average Bonchev–Trinajstić information content (AvgIpc) is 2.97. The van der Waals surface area contributed by atoms with Gasteiger partial charge in [0.05, 0.1) is 7.11 Å². The van der Waals surface area contributed by atoms with Gasteiger partial charge in [0.1, 0.15) is 11.8 Å². The number of nitrogens with zero attached hydrogens (tertiary/aromatic N) is 1. The van der Waals surface area contributed by atoms with Crippen LogP contribution in [0.1, 0.15) is 25.3 Å². The fourth-order valence-corrected chi connectivity index (χ4v) is 2.78. The average molecular weight is 303 g/mol. The van der Waals surface area contributed by atoms with Crippen LogP contribution in [-0.4, -0.2) is 41.6 Å². The molecule has 2 rings (SSSR count). The summed E-state index contributed by atoms with van der Waals surface area (Å²) < 4.78 is 5.30. The van der Waals surface area contributed by atoms with Crippen molar-refractivity contribution in [2.45, 2.75) is 32.2 Å². The Hall–Kier alpha value is -2.30. The lowest BCUT2D eigenvalue weighted by atomic mass is 10.0. The van der Waals surface area contributed by atoms with Crippen molar-refractivity contribution in [3.63, 3.8) is 0 Å². The summed E-state index contributed by atoms with van der Waals surface area (Å²) in [7, 11) is 1.62. The molecule has 1 aliphatic rings. The van der Waals surface area contributed by atoms with Crippen molar-refractivity contribution >= 4 is 11.9 Å². The number of rotatable bonds is 5. The monoisotopic (exact) mass is 303 g/mol. The number of methoxy groups -OCH3 is 1. The van der Waals surface area contributed by atoms with Gasteiger partial charge in [-0.25, -0.2) is 4.79 Å². The first-order valence-corrected chi connectivity index (χ1v) is 7.35. The maximum absolute atomic E-state index is 12.3. The summed E-state index contributed by atoms with van der Waals surface area (Å²) in [5.74, 6) is -0.369. The fraction of sp³-hybridized carbons (Fsp3) is 0.412. The highest BCUT2D eigenvalue weighted by Crippen LogP contribution is 2.22. The lowest BCUT2D eigenvalue weighted by Crippen LogP contribution is -2.39. The number of carboxylic acids is 1. The number of carbonyl (C=O) groups excluding carboxylic acids is 1. The largest absolute Gasteiger partial charge is 0.496 e. The zero-order chi connectivity index (χ0) is 16.1. The number of hydrogen-bond donors (Lipinski definition) is 1. The van der Waals surface area contributed by atoms with Crippen LogP contribution in [0.5, 0.6) is 5.75 Å². The van der Waals surface area contributed by atoms with Gasteiger partial charge in [-0.05, 0) is 37.8 Å². The van der Waals surface area contributed by atoms with E-state index >= 15 is 0 Å². The fourth-order valence-electron chi connectivity index (χ4n) is 2.78. The molecular weight excluding hydrogens is 282 g/mol. The molecule has 1 heterocycles. The van der Waals surface area contributed by atoms with Crippen molar-refractivity contribution in [2.75, 3.05) is 13.7 Å². The Morgan fingerprint density at radius 3 is 2.82 bits per heavy atom. The van der Waals surface area contributed by atoms with Crippen molar-refractivity contribution in [3.05, 3.63) is 41.5 Å². The van der Waals surface area contributed by atoms with E-state index in [2.05, 4.69) is 0 Å². The Morgan fingerprint density at radius 2 is 2.14 bits per heavy atom. The number of likely N-dealkylation sites (tertiary alicyclic amines) is 1. The summed E-state index contributed by atoms with van der Waals surface area (Å²) >= 11 is 0. The SMILES string of the molecule is COc1ccccc1CC(C)=CC(=O)N1CCC[C@@H]1C(=O)O. The number of benzene rings is 1. The molecule has 22 heavy (non-hydrogen) atoms. The Balaban J connectivity index is 2.08. The first-order chi connectivity index (χ1) is 10.5. The van der Waals surface area contributed by atoms with Crippen LogP contribution >= 0.6 is 0 Å². The Labute approximate surface area is 130 Å². The van der Waals surface area contributed by atoms with E-state index in [1.807, 2.05) is 31.2 Å². The van der Waals surface area contributed by atoms with Crippen LogP contribution in [0, 0.1) is 0 Å². The minimum absolute atomic E-state index is 0.225. The minimum Gasteiger partial charge on any atom is -0.496 e. The molecule has 1 aliphatic heterocycles. The van der Waals surface area contributed by atoms with Gasteiger partial charge < -0.3 is 14.7 Å². The number of aliphatic carboxylic acids is 1. The molecule has 1 atom stereocenters. The lowest BCUT2D eigenvalue weighted by molar-refractivity contribution is -0.146. The number of ether oxygens (including phenoxy) is 1. The second kappa shape index (κ2) is 7.11. The zero-order valence-corrected chi connectivity index (χ0v) is 12.9. The van der Waals surface area contributed by atoms with Crippen molar-refractivity contribution in [2.24, 2.45) is 0 Å². The molecule has 0 unspecified atom stereocenters. The number of allylic oxidation sites excluding steroid dienone is 1. The van der Waals surface area contributed by atoms with E-state index in [1.54, 1.807) is 7.11 Å². The Bertz CT molecular complexity index is 594. The van der Waals surface area contributed by atoms with E-state index in [1.165, 1.54) is 11.0 Å². The summed E-state index contributed by atoms with van der Waals surface area (Å²) in [6, 6.07) is 6.96. The molecule has 0 bridgehead atoms. The van der Waals surface area contributed by atoms with Crippen molar-refractivity contribution in [1.29, 1.82) is 0 Å². The van der Waals surface area contributed by atoms with Gasteiger partial charge in [0.25, 0.3) is 0 Å². The van der Waals surface area contributed by atoms with Gasteiger partial charge in [-0.2, -0.15) is 0 Å². The van der Waals surface area contributed by atoms with Crippen LogP contribution in [0.2, 0.25) is 0 Å². The Morgan fingerprint density at radius 1 is 1.41 bits per heavy atom. The summed E-state index contributed by atoms with van der Waals surface area (Å²) in [5, 5.41) is 9.14. The van der Waals surface area contributed by atoms with E-state index in [-0.39, 0.29) is 5.91 Å². The third-order valence-electron chi connectivity index (χ3n) is 3.85. The van der Waals surface area contributed by atoms with Crippen LogP contribution in [0.4, 0.5) is 0 Å². The summed E-state index contributed by atoms with van der Waals surface area (Å²) in [4.78, 5) is 24.9.